The number of aromatic nitrogens is 2. The lowest BCUT2D eigenvalue weighted by atomic mass is 10.2. The number of halogens is 1. The fourth-order valence-electron chi connectivity index (χ4n) is 2.22. The molecule has 0 aliphatic carbocycles. The molecule has 0 aliphatic heterocycles. The molecule has 1 atom stereocenters. The molecule has 0 spiro atoms. The number of benzene rings is 1. The number of nitrogens with two attached hydrogens (primary N) is 1. The highest BCUT2D eigenvalue weighted by Gasteiger charge is 2.13. The van der Waals surface area contributed by atoms with E-state index in [2.05, 4.69) is 29.1 Å². The minimum atomic E-state index is -0.101. The van der Waals surface area contributed by atoms with Crippen LogP contribution in [0.1, 0.15) is 45.0 Å². The van der Waals surface area contributed by atoms with E-state index in [0.717, 1.165) is 6.54 Å². The van der Waals surface area contributed by atoms with E-state index in [1.54, 1.807) is 18.2 Å². The predicted molar refractivity (Wildman–Crippen MR) is 82.1 cm³/mol. The number of hydrogen-bond donors (Lipinski definition) is 2. The van der Waals surface area contributed by atoms with Crippen LogP contribution in [0.25, 0.3) is 10.9 Å². The van der Waals surface area contributed by atoms with Gasteiger partial charge < -0.3 is 10.3 Å². The molecule has 1 aromatic heterocycles. The molecule has 2 aromatic rings. The topological polar surface area (TPSA) is 62.4 Å². The Bertz CT molecular complexity index is 639. The summed E-state index contributed by atoms with van der Waals surface area (Å²) in [5, 5.41) is 3.39. The van der Waals surface area contributed by atoms with Gasteiger partial charge in [0.15, 0.2) is 5.82 Å². The van der Waals surface area contributed by atoms with E-state index >= 15 is 0 Å². The van der Waals surface area contributed by atoms with Crippen molar-refractivity contribution in [3.63, 3.8) is 0 Å². The van der Waals surface area contributed by atoms with E-state index in [9.17, 15) is 4.79 Å². The standard InChI is InChI=1S/C15H20ClN3O/c1-3-4-5-8-17-10(2)14-18-13-9-11(16)6-7-12(13)15(20)19-14/h6-7,9-10,17H,3-5,8H2,1-2H3,(H,18,19,20)/p+1/t10-/m0/s1. The van der Waals surface area contributed by atoms with Crippen LogP contribution in [0, 0.1) is 0 Å². The zero-order valence-corrected chi connectivity index (χ0v) is 12.7. The molecule has 5 heteroatoms. The molecule has 2 rings (SSSR count). The number of H-pyrrole nitrogens is 1. The lowest BCUT2D eigenvalue weighted by Gasteiger charge is -2.10. The van der Waals surface area contributed by atoms with Gasteiger partial charge in [-0.1, -0.05) is 24.9 Å². The van der Waals surface area contributed by atoms with Crippen LogP contribution in [0.5, 0.6) is 0 Å². The maximum Gasteiger partial charge on any atom is 0.258 e. The summed E-state index contributed by atoms with van der Waals surface area (Å²) in [6.07, 6.45) is 3.64. The van der Waals surface area contributed by atoms with E-state index in [0.29, 0.717) is 21.7 Å². The molecule has 3 N–H and O–H groups in total. The van der Waals surface area contributed by atoms with Crippen LogP contribution in [-0.2, 0) is 0 Å². The molecule has 0 bridgehead atoms. The van der Waals surface area contributed by atoms with E-state index in [1.165, 1.54) is 19.3 Å². The number of quaternary nitrogens is 1. The van der Waals surface area contributed by atoms with Crippen LogP contribution in [-0.4, -0.2) is 16.5 Å². The first-order valence-corrected chi connectivity index (χ1v) is 7.52. The van der Waals surface area contributed by atoms with Gasteiger partial charge in [0.2, 0.25) is 0 Å². The fourth-order valence-corrected chi connectivity index (χ4v) is 2.39. The van der Waals surface area contributed by atoms with Crippen molar-refractivity contribution in [3.05, 3.63) is 39.4 Å². The van der Waals surface area contributed by atoms with E-state index < -0.39 is 0 Å². The Morgan fingerprint density at radius 1 is 1.40 bits per heavy atom. The summed E-state index contributed by atoms with van der Waals surface area (Å²) in [6, 6.07) is 5.30. The van der Waals surface area contributed by atoms with Gasteiger partial charge in [-0.15, -0.1) is 0 Å². The largest absolute Gasteiger partial charge is 0.338 e. The predicted octanol–water partition coefficient (Wildman–Crippen LogP) is 2.39. The van der Waals surface area contributed by atoms with Gasteiger partial charge >= 0.3 is 0 Å². The number of fused-ring (bicyclic) bond motifs is 1. The van der Waals surface area contributed by atoms with Crippen LogP contribution in [0.2, 0.25) is 5.02 Å². The van der Waals surface area contributed by atoms with Gasteiger partial charge in [0.05, 0.1) is 17.4 Å². The minimum absolute atomic E-state index is 0.101. The van der Waals surface area contributed by atoms with Crippen molar-refractivity contribution < 1.29 is 5.32 Å². The summed E-state index contributed by atoms with van der Waals surface area (Å²) in [4.78, 5) is 19.4. The molecule has 0 aliphatic rings. The van der Waals surface area contributed by atoms with Crippen LogP contribution < -0.4 is 10.9 Å². The first kappa shape index (κ1) is 15.0. The van der Waals surface area contributed by atoms with Crippen molar-refractivity contribution in [1.82, 2.24) is 9.97 Å². The van der Waals surface area contributed by atoms with Crippen LogP contribution in [0.3, 0.4) is 0 Å². The third-order valence-electron chi connectivity index (χ3n) is 3.45. The SMILES string of the molecule is CCCCC[NH2+][C@@H](C)c1nc2cc(Cl)ccc2c(=O)[nH]1. The summed E-state index contributed by atoms with van der Waals surface area (Å²) in [5.41, 5.74) is 0.556. The molecule has 0 amide bonds. The van der Waals surface area contributed by atoms with Gasteiger partial charge in [-0.05, 0) is 38.0 Å². The first-order valence-electron chi connectivity index (χ1n) is 7.14. The molecule has 0 radical (unpaired) electrons. The molecule has 0 unspecified atom stereocenters. The third-order valence-corrected chi connectivity index (χ3v) is 3.68. The maximum absolute atomic E-state index is 12.0. The molecular weight excluding hydrogens is 274 g/mol. The summed E-state index contributed by atoms with van der Waals surface area (Å²) in [7, 11) is 0. The average molecular weight is 295 g/mol. The number of hydrogen-bond acceptors (Lipinski definition) is 2. The average Bonchev–Trinajstić information content (AvgIpc) is 2.42. The summed E-state index contributed by atoms with van der Waals surface area (Å²) < 4.78 is 0. The molecular formula is C15H21ClN3O+. The van der Waals surface area contributed by atoms with Gasteiger partial charge in [0, 0.05) is 5.02 Å². The number of rotatable bonds is 6. The second-order valence-corrected chi connectivity index (χ2v) is 5.57. The quantitative estimate of drug-likeness (QED) is 0.804. The lowest BCUT2D eigenvalue weighted by Crippen LogP contribution is -2.85. The Balaban J connectivity index is 2.19. The smallest absolute Gasteiger partial charge is 0.258 e. The maximum atomic E-state index is 12.0. The lowest BCUT2D eigenvalue weighted by molar-refractivity contribution is -0.694. The van der Waals surface area contributed by atoms with Gasteiger partial charge in [-0.3, -0.25) is 4.79 Å². The Labute approximate surface area is 123 Å². The highest BCUT2D eigenvalue weighted by molar-refractivity contribution is 6.31. The summed E-state index contributed by atoms with van der Waals surface area (Å²) >= 11 is 5.96. The minimum Gasteiger partial charge on any atom is -0.338 e. The Hall–Kier alpha value is -1.39. The van der Waals surface area contributed by atoms with E-state index in [4.69, 9.17) is 11.6 Å². The number of unbranched alkanes of at least 4 members (excludes halogenated alkanes) is 2. The number of aromatic amines is 1. The molecule has 0 saturated heterocycles. The van der Waals surface area contributed by atoms with Crippen molar-refractivity contribution in [2.75, 3.05) is 6.54 Å². The molecule has 1 aromatic carbocycles. The molecule has 20 heavy (non-hydrogen) atoms. The zero-order chi connectivity index (χ0) is 14.5. The van der Waals surface area contributed by atoms with Gasteiger partial charge in [-0.2, -0.15) is 0 Å². The summed E-state index contributed by atoms with van der Waals surface area (Å²) in [5.74, 6) is 0.710. The van der Waals surface area contributed by atoms with E-state index in [1.807, 2.05) is 0 Å². The Kier molecular flexibility index (Phi) is 5.15. The highest BCUT2D eigenvalue weighted by atomic mass is 35.5. The third kappa shape index (κ3) is 3.58. The van der Waals surface area contributed by atoms with Crippen molar-refractivity contribution in [1.29, 1.82) is 0 Å². The highest BCUT2D eigenvalue weighted by Crippen LogP contribution is 2.15. The second kappa shape index (κ2) is 6.86. The van der Waals surface area contributed by atoms with Gasteiger partial charge in [0.25, 0.3) is 5.56 Å². The molecule has 1 heterocycles. The monoisotopic (exact) mass is 294 g/mol. The molecule has 0 fully saturated rings. The van der Waals surface area contributed by atoms with E-state index in [-0.39, 0.29) is 11.6 Å². The number of nitrogens with one attached hydrogen (secondary N) is 1. The molecule has 108 valence electrons. The van der Waals surface area contributed by atoms with Crippen molar-refractivity contribution >= 4 is 22.5 Å². The Morgan fingerprint density at radius 2 is 2.20 bits per heavy atom. The van der Waals surface area contributed by atoms with Gasteiger partial charge in [0.1, 0.15) is 6.04 Å². The zero-order valence-electron chi connectivity index (χ0n) is 11.9. The van der Waals surface area contributed by atoms with Crippen molar-refractivity contribution in [2.24, 2.45) is 0 Å². The van der Waals surface area contributed by atoms with Crippen LogP contribution in [0.4, 0.5) is 0 Å². The Morgan fingerprint density at radius 3 is 2.95 bits per heavy atom. The first-order chi connectivity index (χ1) is 9.61. The van der Waals surface area contributed by atoms with Crippen molar-refractivity contribution in [3.8, 4) is 0 Å². The number of nitrogens with zero attached hydrogens (tertiary/aromatic N) is 1. The molecule has 0 saturated carbocycles. The van der Waals surface area contributed by atoms with Gasteiger partial charge in [-0.25, -0.2) is 4.98 Å². The normalized spacial score (nSPS) is 12.8. The van der Waals surface area contributed by atoms with Crippen LogP contribution >= 0.6 is 11.6 Å². The fraction of sp³-hybridized carbons (Fsp3) is 0.467. The van der Waals surface area contributed by atoms with Crippen molar-refractivity contribution in [2.45, 2.75) is 39.2 Å². The summed E-state index contributed by atoms with van der Waals surface area (Å²) in [6.45, 7) is 5.29. The van der Waals surface area contributed by atoms with Crippen LogP contribution in [0.15, 0.2) is 23.0 Å². The molecule has 4 nitrogen and oxygen atoms in total. The second-order valence-electron chi connectivity index (χ2n) is 5.13.